The summed E-state index contributed by atoms with van der Waals surface area (Å²) < 4.78 is 0. The quantitative estimate of drug-likeness (QED) is 0.800. The highest BCUT2D eigenvalue weighted by Gasteiger charge is 1.99. The maximum atomic E-state index is 5.78. The molecule has 0 aliphatic rings. The molecule has 19 heavy (non-hydrogen) atoms. The second-order valence-electron chi connectivity index (χ2n) is 4.98. The van der Waals surface area contributed by atoms with Crippen LogP contribution in [0.2, 0.25) is 0 Å². The molecule has 0 aliphatic heterocycles. The van der Waals surface area contributed by atoms with Gasteiger partial charge in [-0.2, -0.15) is 0 Å². The first-order valence-corrected chi connectivity index (χ1v) is 7.13. The van der Waals surface area contributed by atoms with Gasteiger partial charge in [0.05, 0.1) is 0 Å². The molecule has 0 heterocycles. The molecule has 2 heteroatoms. The Balaban J connectivity index is 1.90. The molecule has 0 amide bonds. The summed E-state index contributed by atoms with van der Waals surface area (Å²) in [5.74, 6) is 0.580. The first-order chi connectivity index (χ1) is 9.19. The molecule has 100 valence electrons. The molecule has 0 saturated carbocycles. The minimum absolute atomic E-state index is 0.580. The first-order valence-electron chi connectivity index (χ1n) is 6.59. The van der Waals surface area contributed by atoms with Crippen LogP contribution in [0.4, 0.5) is 0 Å². The predicted octanol–water partition coefficient (Wildman–Crippen LogP) is 4.33. The monoisotopic (exact) mass is 273 g/mol. The fraction of sp³-hybridized carbons (Fsp3) is 0.294. The zero-order valence-electron chi connectivity index (χ0n) is 11.5. The van der Waals surface area contributed by atoms with E-state index in [1.807, 2.05) is 0 Å². The Morgan fingerprint density at radius 1 is 0.895 bits per heavy atom. The average molecular weight is 274 g/mol. The van der Waals surface area contributed by atoms with Gasteiger partial charge in [0.1, 0.15) is 0 Å². The van der Waals surface area contributed by atoms with Crippen molar-refractivity contribution in [3.63, 3.8) is 0 Å². The van der Waals surface area contributed by atoms with Gasteiger partial charge in [-0.3, -0.25) is 0 Å². The molecule has 1 nitrogen and oxygen atoms in total. The molecule has 0 radical (unpaired) electrons. The van der Waals surface area contributed by atoms with Crippen LogP contribution in [-0.2, 0) is 19.0 Å². The summed E-state index contributed by atoms with van der Waals surface area (Å²) >= 11 is 5.78. The van der Waals surface area contributed by atoms with E-state index >= 15 is 0 Å². The number of aryl methyl sites for hydroxylation is 2. The van der Waals surface area contributed by atoms with Gasteiger partial charge in [-0.1, -0.05) is 48.0 Å². The second-order valence-corrected chi connectivity index (χ2v) is 5.25. The van der Waals surface area contributed by atoms with E-state index in [2.05, 4.69) is 61.6 Å². The van der Waals surface area contributed by atoms with Gasteiger partial charge in [0.15, 0.2) is 0 Å². The molecule has 0 atom stereocenters. The second kappa shape index (κ2) is 6.74. The third kappa shape index (κ3) is 4.09. The molecule has 0 aromatic heterocycles. The summed E-state index contributed by atoms with van der Waals surface area (Å²) in [7, 11) is 0. The number of hydrogen-bond donors (Lipinski definition) is 1. The lowest BCUT2D eigenvalue weighted by atomic mass is 10.1. The van der Waals surface area contributed by atoms with Crippen molar-refractivity contribution in [2.75, 3.05) is 0 Å². The lowest BCUT2D eigenvalue weighted by Gasteiger charge is -2.09. The topological polar surface area (TPSA) is 12.0 Å². The van der Waals surface area contributed by atoms with Gasteiger partial charge in [-0.15, -0.1) is 11.6 Å². The minimum Gasteiger partial charge on any atom is -0.309 e. The highest BCUT2D eigenvalue weighted by atomic mass is 35.5. The number of alkyl halides is 1. The maximum Gasteiger partial charge on any atom is 0.0474 e. The molecular weight excluding hydrogens is 254 g/mol. The van der Waals surface area contributed by atoms with Gasteiger partial charge >= 0.3 is 0 Å². The molecule has 0 aliphatic carbocycles. The van der Waals surface area contributed by atoms with Crippen molar-refractivity contribution in [3.8, 4) is 0 Å². The minimum atomic E-state index is 0.580. The van der Waals surface area contributed by atoms with Crippen molar-refractivity contribution < 1.29 is 0 Å². The first kappa shape index (κ1) is 14.1. The van der Waals surface area contributed by atoms with Gasteiger partial charge in [-0.25, -0.2) is 0 Å². The Morgan fingerprint density at radius 3 is 2.26 bits per heavy atom. The van der Waals surface area contributed by atoms with Crippen LogP contribution in [0.25, 0.3) is 0 Å². The fourth-order valence-electron chi connectivity index (χ4n) is 2.08. The van der Waals surface area contributed by atoms with E-state index in [9.17, 15) is 0 Å². The maximum absolute atomic E-state index is 5.78. The number of hydrogen-bond acceptors (Lipinski definition) is 1. The zero-order chi connectivity index (χ0) is 13.7. The molecule has 2 rings (SSSR count). The molecule has 1 N–H and O–H groups in total. The van der Waals surface area contributed by atoms with Crippen molar-refractivity contribution in [2.45, 2.75) is 32.8 Å². The Hall–Kier alpha value is -1.31. The number of rotatable bonds is 5. The van der Waals surface area contributed by atoms with E-state index in [-0.39, 0.29) is 0 Å². The Morgan fingerprint density at radius 2 is 1.58 bits per heavy atom. The van der Waals surface area contributed by atoms with E-state index in [1.165, 1.54) is 27.8 Å². The molecular formula is C17H20ClN. The molecule has 0 unspecified atom stereocenters. The summed E-state index contributed by atoms with van der Waals surface area (Å²) in [6.45, 7) is 6.08. The van der Waals surface area contributed by atoms with Gasteiger partial charge in [0.2, 0.25) is 0 Å². The zero-order valence-corrected chi connectivity index (χ0v) is 12.3. The largest absolute Gasteiger partial charge is 0.309 e. The lowest BCUT2D eigenvalue weighted by molar-refractivity contribution is 0.690. The SMILES string of the molecule is Cc1ccc(C)c(CNCc2ccc(CCl)cc2)c1. The van der Waals surface area contributed by atoms with E-state index in [4.69, 9.17) is 11.6 Å². The van der Waals surface area contributed by atoms with Crippen molar-refractivity contribution in [2.24, 2.45) is 0 Å². The van der Waals surface area contributed by atoms with Gasteiger partial charge in [0.25, 0.3) is 0 Å². The standard InChI is InChI=1S/C17H20ClN/c1-13-3-4-14(2)17(9-13)12-19-11-16-7-5-15(10-18)6-8-16/h3-9,19H,10-12H2,1-2H3. The van der Waals surface area contributed by atoms with Crippen molar-refractivity contribution in [1.29, 1.82) is 0 Å². The summed E-state index contributed by atoms with van der Waals surface area (Å²) in [6.07, 6.45) is 0. The molecule has 0 bridgehead atoms. The van der Waals surface area contributed by atoms with Crippen LogP contribution >= 0.6 is 11.6 Å². The van der Waals surface area contributed by atoms with Gasteiger partial charge in [-0.05, 0) is 36.1 Å². The molecule has 2 aromatic rings. The Bertz CT molecular complexity index is 531. The van der Waals surface area contributed by atoms with Crippen molar-refractivity contribution >= 4 is 11.6 Å². The smallest absolute Gasteiger partial charge is 0.0474 e. The number of nitrogens with one attached hydrogen (secondary N) is 1. The van der Waals surface area contributed by atoms with Crippen LogP contribution < -0.4 is 5.32 Å². The highest BCUT2D eigenvalue weighted by Crippen LogP contribution is 2.11. The Labute approximate surface area is 120 Å². The van der Waals surface area contributed by atoms with E-state index < -0.39 is 0 Å². The summed E-state index contributed by atoms with van der Waals surface area (Å²) in [4.78, 5) is 0. The molecule has 0 saturated heterocycles. The van der Waals surface area contributed by atoms with E-state index in [0.29, 0.717) is 5.88 Å². The number of benzene rings is 2. The van der Waals surface area contributed by atoms with Crippen LogP contribution in [-0.4, -0.2) is 0 Å². The van der Waals surface area contributed by atoms with Gasteiger partial charge < -0.3 is 5.32 Å². The van der Waals surface area contributed by atoms with Gasteiger partial charge in [0, 0.05) is 19.0 Å². The summed E-state index contributed by atoms with van der Waals surface area (Å²) in [5, 5.41) is 3.49. The highest BCUT2D eigenvalue weighted by molar-refractivity contribution is 6.17. The van der Waals surface area contributed by atoms with E-state index in [1.54, 1.807) is 0 Å². The normalized spacial score (nSPS) is 10.7. The van der Waals surface area contributed by atoms with Crippen molar-refractivity contribution in [3.05, 3.63) is 70.3 Å². The summed E-state index contributed by atoms with van der Waals surface area (Å²) in [6, 6.07) is 15.0. The summed E-state index contributed by atoms with van der Waals surface area (Å²) in [5.41, 5.74) is 6.49. The Kier molecular flexibility index (Phi) is 5.00. The molecule has 0 fully saturated rings. The van der Waals surface area contributed by atoms with E-state index in [0.717, 1.165) is 13.1 Å². The van der Waals surface area contributed by atoms with Crippen molar-refractivity contribution in [1.82, 2.24) is 5.32 Å². The van der Waals surface area contributed by atoms with Crippen LogP contribution in [0.5, 0.6) is 0 Å². The molecule has 2 aromatic carbocycles. The third-order valence-corrected chi connectivity index (χ3v) is 3.64. The molecule has 0 spiro atoms. The van der Waals surface area contributed by atoms with Crippen LogP contribution in [0, 0.1) is 13.8 Å². The number of halogens is 1. The van der Waals surface area contributed by atoms with Crippen LogP contribution in [0.1, 0.15) is 27.8 Å². The predicted molar refractivity (Wildman–Crippen MR) is 82.5 cm³/mol. The lowest BCUT2D eigenvalue weighted by Crippen LogP contribution is -2.13. The fourth-order valence-corrected chi connectivity index (χ4v) is 2.26. The van der Waals surface area contributed by atoms with Crippen LogP contribution in [0.3, 0.4) is 0 Å². The third-order valence-electron chi connectivity index (χ3n) is 3.33. The van der Waals surface area contributed by atoms with Crippen LogP contribution in [0.15, 0.2) is 42.5 Å². The average Bonchev–Trinajstić information content (AvgIpc) is 2.43.